The van der Waals surface area contributed by atoms with Gasteiger partial charge in [-0.05, 0) is 68.5 Å². The Morgan fingerprint density at radius 3 is 2.50 bits per heavy atom. The molecule has 0 bridgehead atoms. The van der Waals surface area contributed by atoms with Crippen molar-refractivity contribution >= 4 is 26.4 Å². The molecular weight excluding hydrogens is 475 g/mol. The van der Waals surface area contributed by atoms with Crippen molar-refractivity contribution in [3.63, 3.8) is 0 Å². The number of sulfone groups is 1. The molecular formula is C29H29FN2O3S. The number of piperidine rings is 1. The van der Waals surface area contributed by atoms with Gasteiger partial charge in [0.2, 0.25) is 15.3 Å². The average Bonchev–Trinajstić information content (AvgIpc) is 2.86. The predicted molar refractivity (Wildman–Crippen MR) is 141 cm³/mol. The molecule has 1 aliphatic rings. The van der Waals surface area contributed by atoms with Crippen molar-refractivity contribution in [2.24, 2.45) is 0 Å². The zero-order chi connectivity index (χ0) is 25.4. The Bertz CT molecular complexity index is 1600. The van der Waals surface area contributed by atoms with E-state index in [1.807, 2.05) is 35.2 Å². The Morgan fingerprint density at radius 2 is 1.78 bits per heavy atom. The fourth-order valence-corrected chi connectivity index (χ4v) is 6.53. The van der Waals surface area contributed by atoms with Crippen LogP contribution >= 0.6 is 0 Å². The lowest BCUT2D eigenvalue weighted by atomic mass is 10.0. The molecule has 1 atom stereocenters. The minimum Gasteiger partial charge on any atom is -0.366 e. The second-order valence-corrected chi connectivity index (χ2v) is 11.5. The maximum absolute atomic E-state index is 15.5. The van der Waals surface area contributed by atoms with E-state index in [0.29, 0.717) is 17.7 Å². The van der Waals surface area contributed by atoms with Crippen LogP contribution in [0.5, 0.6) is 0 Å². The van der Waals surface area contributed by atoms with Crippen LogP contribution in [-0.2, 0) is 16.4 Å². The van der Waals surface area contributed by atoms with Crippen molar-refractivity contribution in [1.82, 2.24) is 4.57 Å². The van der Waals surface area contributed by atoms with Gasteiger partial charge >= 0.3 is 0 Å². The summed E-state index contributed by atoms with van der Waals surface area (Å²) in [4.78, 5) is 15.3. The average molecular weight is 505 g/mol. The van der Waals surface area contributed by atoms with Crippen molar-refractivity contribution < 1.29 is 12.8 Å². The summed E-state index contributed by atoms with van der Waals surface area (Å²) in [5.41, 5.74) is 1.99. The van der Waals surface area contributed by atoms with E-state index in [1.165, 1.54) is 18.3 Å². The molecule has 1 aliphatic heterocycles. The minimum absolute atomic E-state index is 0.0458. The molecule has 186 valence electrons. The van der Waals surface area contributed by atoms with Crippen LogP contribution in [0.2, 0.25) is 0 Å². The molecule has 0 saturated carbocycles. The maximum atomic E-state index is 15.5. The number of pyridine rings is 1. The van der Waals surface area contributed by atoms with Gasteiger partial charge in [-0.1, -0.05) is 42.5 Å². The van der Waals surface area contributed by atoms with Crippen molar-refractivity contribution in [3.8, 4) is 0 Å². The minimum atomic E-state index is -4.12. The van der Waals surface area contributed by atoms with Crippen molar-refractivity contribution in [2.45, 2.75) is 55.5 Å². The topological polar surface area (TPSA) is 59.4 Å². The van der Waals surface area contributed by atoms with E-state index in [1.54, 1.807) is 35.8 Å². The molecule has 7 heteroatoms. The highest BCUT2D eigenvalue weighted by Gasteiger charge is 2.27. The van der Waals surface area contributed by atoms with Gasteiger partial charge in [0.05, 0.1) is 21.5 Å². The molecule has 1 saturated heterocycles. The number of anilines is 1. The molecule has 4 aromatic rings. The fourth-order valence-electron chi connectivity index (χ4n) is 5.06. The molecule has 1 fully saturated rings. The third-order valence-corrected chi connectivity index (χ3v) is 8.76. The van der Waals surface area contributed by atoms with E-state index in [-0.39, 0.29) is 21.2 Å². The lowest BCUT2D eigenvalue weighted by Gasteiger charge is -2.35. The van der Waals surface area contributed by atoms with Crippen molar-refractivity contribution in [2.75, 3.05) is 11.4 Å². The number of aromatic nitrogens is 1. The molecule has 3 aromatic carbocycles. The Balaban J connectivity index is 1.76. The van der Waals surface area contributed by atoms with Crippen molar-refractivity contribution in [1.29, 1.82) is 0 Å². The highest BCUT2D eigenvalue weighted by molar-refractivity contribution is 7.91. The van der Waals surface area contributed by atoms with E-state index in [4.69, 9.17) is 0 Å². The summed E-state index contributed by atoms with van der Waals surface area (Å²) in [6.07, 6.45) is 4.47. The highest BCUT2D eigenvalue weighted by Crippen LogP contribution is 2.31. The summed E-state index contributed by atoms with van der Waals surface area (Å²) in [5, 5.41) is 0.0607. The van der Waals surface area contributed by atoms with Gasteiger partial charge in [-0.2, -0.15) is 0 Å². The molecule has 0 amide bonds. The van der Waals surface area contributed by atoms with Gasteiger partial charge in [0.1, 0.15) is 10.7 Å². The first-order chi connectivity index (χ1) is 17.3. The fraction of sp³-hybridized carbons (Fsp3) is 0.276. The van der Waals surface area contributed by atoms with Gasteiger partial charge in [-0.25, -0.2) is 12.8 Å². The number of aryl methyl sites for hydroxylation is 1. The number of halogens is 1. The zero-order valence-corrected chi connectivity index (χ0v) is 21.3. The normalized spacial score (nSPS) is 16.4. The van der Waals surface area contributed by atoms with E-state index in [2.05, 4.69) is 6.92 Å². The van der Waals surface area contributed by atoms with E-state index >= 15 is 4.39 Å². The molecule has 0 radical (unpaired) electrons. The Morgan fingerprint density at radius 1 is 1.00 bits per heavy atom. The van der Waals surface area contributed by atoms with Crippen LogP contribution in [0.3, 0.4) is 0 Å². The van der Waals surface area contributed by atoms with Gasteiger partial charge in [-0.3, -0.25) is 4.79 Å². The quantitative estimate of drug-likeness (QED) is 0.349. The Hall–Kier alpha value is -3.45. The SMILES string of the molecule is Cc1cccc(S(=O)(=O)c2cn(Cc3ccccc3)c3cc(N4CCCC[C@@H]4C)c(F)cc3c2=O)c1. The molecule has 5 rings (SSSR count). The molecule has 2 heterocycles. The molecule has 0 N–H and O–H groups in total. The Labute approximate surface area is 210 Å². The first-order valence-electron chi connectivity index (χ1n) is 12.2. The number of nitrogens with zero attached hydrogens (tertiary/aromatic N) is 2. The highest BCUT2D eigenvalue weighted by atomic mass is 32.2. The molecule has 0 spiro atoms. The summed E-state index contributed by atoms with van der Waals surface area (Å²) in [6.45, 7) is 4.96. The van der Waals surface area contributed by atoms with Crippen LogP contribution in [0, 0.1) is 12.7 Å². The smallest absolute Gasteiger partial charge is 0.211 e. The molecule has 0 unspecified atom stereocenters. The molecule has 0 aliphatic carbocycles. The van der Waals surface area contributed by atoms with Gasteiger partial charge in [-0.15, -0.1) is 0 Å². The first kappa shape index (κ1) is 24.3. The summed E-state index contributed by atoms with van der Waals surface area (Å²) >= 11 is 0. The number of hydrogen-bond donors (Lipinski definition) is 0. The number of benzene rings is 3. The van der Waals surface area contributed by atoms with Crippen LogP contribution in [-0.4, -0.2) is 25.6 Å². The number of hydrogen-bond acceptors (Lipinski definition) is 4. The largest absolute Gasteiger partial charge is 0.366 e. The zero-order valence-electron chi connectivity index (χ0n) is 20.4. The van der Waals surface area contributed by atoms with Gasteiger partial charge in [0.25, 0.3) is 0 Å². The third-order valence-electron chi connectivity index (χ3n) is 7.01. The van der Waals surface area contributed by atoms with Crippen LogP contribution in [0.1, 0.15) is 37.3 Å². The number of fused-ring (bicyclic) bond motifs is 1. The standard InChI is InChI=1S/C29H29FN2O3S/c1-20-9-8-13-23(15-20)36(34,35)28-19-31(18-22-11-4-3-5-12-22)26-17-27(25(30)16-24(26)29(28)33)32-14-7-6-10-21(32)2/h3-5,8-9,11-13,15-17,19,21H,6-7,10,14,18H2,1-2H3/t21-/m0/s1. The van der Waals surface area contributed by atoms with E-state index in [9.17, 15) is 13.2 Å². The summed E-state index contributed by atoms with van der Waals surface area (Å²) < 4.78 is 44.4. The van der Waals surface area contributed by atoms with Gasteiger partial charge in [0, 0.05) is 25.3 Å². The van der Waals surface area contributed by atoms with Crippen LogP contribution in [0.25, 0.3) is 10.9 Å². The van der Waals surface area contributed by atoms with Crippen LogP contribution in [0.4, 0.5) is 10.1 Å². The van der Waals surface area contributed by atoms with Crippen LogP contribution < -0.4 is 10.3 Å². The van der Waals surface area contributed by atoms with Crippen molar-refractivity contribution in [3.05, 3.63) is 100 Å². The van der Waals surface area contributed by atoms with Gasteiger partial charge in [0.15, 0.2) is 0 Å². The third kappa shape index (κ3) is 4.44. The lowest BCUT2D eigenvalue weighted by molar-refractivity contribution is 0.476. The molecule has 5 nitrogen and oxygen atoms in total. The maximum Gasteiger partial charge on any atom is 0.211 e. The van der Waals surface area contributed by atoms with E-state index in [0.717, 1.165) is 36.9 Å². The molecule has 1 aromatic heterocycles. The molecule has 36 heavy (non-hydrogen) atoms. The summed E-state index contributed by atoms with van der Waals surface area (Å²) in [6, 6.07) is 19.2. The van der Waals surface area contributed by atoms with E-state index < -0.39 is 21.1 Å². The Kier molecular flexibility index (Phi) is 6.43. The summed E-state index contributed by atoms with van der Waals surface area (Å²) in [7, 11) is -4.12. The van der Waals surface area contributed by atoms with Crippen LogP contribution in [0.15, 0.2) is 87.5 Å². The summed E-state index contributed by atoms with van der Waals surface area (Å²) in [5.74, 6) is -0.510. The van der Waals surface area contributed by atoms with Gasteiger partial charge < -0.3 is 9.47 Å². The first-order valence-corrected chi connectivity index (χ1v) is 13.7. The monoisotopic (exact) mass is 504 g/mol. The second-order valence-electron chi connectivity index (χ2n) is 9.61. The lowest BCUT2D eigenvalue weighted by Crippen LogP contribution is -2.38. The predicted octanol–water partition coefficient (Wildman–Crippen LogP) is 5.71. The second kappa shape index (κ2) is 9.54. The number of rotatable bonds is 5.